The highest BCUT2D eigenvalue weighted by Gasteiger charge is 2.20. The highest BCUT2D eigenvalue weighted by atomic mass is 32.1. The smallest absolute Gasteiger partial charge is 0.0976 e. The van der Waals surface area contributed by atoms with Crippen LogP contribution in [-0.2, 0) is 4.74 Å². The minimum absolute atomic E-state index is 0.812. The molecule has 0 aromatic carbocycles. The normalized spacial score (nSPS) is 25.2. The number of hydrazine groups is 1. The molecule has 13 heavy (non-hydrogen) atoms. The second kappa shape index (κ2) is 4.17. The molecule has 0 aromatic rings. The van der Waals surface area contributed by atoms with E-state index in [9.17, 15) is 0 Å². The molecule has 0 amide bonds. The lowest BCUT2D eigenvalue weighted by molar-refractivity contribution is -0.0297. The van der Waals surface area contributed by atoms with E-state index in [1.807, 2.05) is 0 Å². The summed E-state index contributed by atoms with van der Waals surface area (Å²) in [6.45, 7) is 3.52. The average Bonchev–Trinajstić information content (AvgIpc) is 2.20. The van der Waals surface area contributed by atoms with Crippen LogP contribution in [0.1, 0.15) is 12.8 Å². The maximum Gasteiger partial charge on any atom is 0.0976 e. The monoisotopic (exact) mass is 198 g/mol. The SMILES string of the molecule is S=C1CCC=CN1N1CCOCC1. The third kappa shape index (κ3) is 2.07. The fourth-order valence-corrected chi connectivity index (χ4v) is 1.89. The second-order valence-electron chi connectivity index (χ2n) is 3.23. The van der Waals surface area contributed by atoms with Crippen LogP contribution in [0, 0.1) is 0 Å². The number of morpholine rings is 1. The van der Waals surface area contributed by atoms with E-state index in [0.717, 1.165) is 44.1 Å². The number of hydrogen-bond donors (Lipinski definition) is 0. The summed E-state index contributed by atoms with van der Waals surface area (Å²) in [6.07, 6.45) is 6.34. The van der Waals surface area contributed by atoms with E-state index in [1.165, 1.54) is 0 Å². The Morgan fingerprint density at radius 3 is 2.77 bits per heavy atom. The maximum atomic E-state index is 5.30. The van der Waals surface area contributed by atoms with Gasteiger partial charge in [-0.2, -0.15) is 0 Å². The van der Waals surface area contributed by atoms with Gasteiger partial charge >= 0.3 is 0 Å². The Balaban J connectivity index is 2.00. The summed E-state index contributed by atoms with van der Waals surface area (Å²) in [6, 6.07) is 0. The zero-order chi connectivity index (χ0) is 9.10. The molecule has 0 unspecified atom stereocenters. The van der Waals surface area contributed by atoms with Crippen LogP contribution in [0.2, 0.25) is 0 Å². The van der Waals surface area contributed by atoms with Crippen LogP contribution < -0.4 is 0 Å². The van der Waals surface area contributed by atoms with Crippen molar-refractivity contribution in [2.24, 2.45) is 0 Å². The molecule has 4 heteroatoms. The number of hydrogen-bond acceptors (Lipinski definition) is 3. The van der Waals surface area contributed by atoms with E-state index < -0.39 is 0 Å². The molecule has 0 atom stereocenters. The van der Waals surface area contributed by atoms with E-state index in [0.29, 0.717) is 0 Å². The quantitative estimate of drug-likeness (QED) is 0.587. The third-order valence-corrected chi connectivity index (χ3v) is 2.71. The Kier molecular flexibility index (Phi) is 2.93. The van der Waals surface area contributed by atoms with Crippen LogP contribution in [0.25, 0.3) is 0 Å². The summed E-state index contributed by atoms with van der Waals surface area (Å²) in [7, 11) is 0. The van der Waals surface area contributed by atoms with Gasteiger partial charge in [0.05, 0.1) is 18.2 Å². The summed E-state index contributed by atoms with van der Waals surface area (Å²) in [5, 5.41) is 4.35. The summed E-state index contributed by atoms with van der Waals surface area (Å²) < 4.78 is 5.29. The lowest BCUT2D eigenvalue weighted by atomic mass is 10.2. The molecule has 0 aliphatic carbocycles. The summed E-state index contributed by atoms with van der Waals surface area (Å²) in [5.74, 6) is 0. The molecule has 72 valence electrons. The van der Waals surface area contributed by atoms with E-state index in [-0.39, 0.29) is 0 Å². The first kappa shape index (κ1) is 9.12. The topological polar surface area (TPSA) is 15.7 Å². The first-order valence-corrected chi connectivity index (χ1v) is 5.10. The largest absolute Gasteiger partial charge is 0.379 e. The van der Waals surface area contributed by atoms with Crippen molar-refractivity contribution in [3.05, 3.63) is 12.3 Å². The fourth-order valence-electron chi connectivity index (χ4n) is 1.60. The molecule has 0 saturated carbocycles. The number of rotatable bonds is 1. The predicted octanol–water partition coefficient (Wildman–Crippen LogP) is 1.17. The van der Waals surface area contributed by atoms with Gasteiger partial charge in [0.25, 0.3) is 0 Å². The molecule has 0 aromatic heterocycles. The minimum Gasteiger partial charge on any atom is -0.379 e. The second-order valence-corrected chi connectivity index (χ2v) is 3.70. The van der Waals surface area contributed by atoms with E-state index in [2.05, 4.69) is 22.3 Å². The fraction of sp³-hybridized carbons (Fsp3) is 0.667. The number of thiocarbonyl (C=S) groups is 1. The van der Waals surface area contributed by atoms with Gasteiger partial charge in [-0.05, 0) is 6.42 Å². The van der Waals surface area contributed by atoms with Crippen molar-refractivity contribution in [1.29, 1.82) is 0 Å². The molecule has 1 saturated heterocycles. The van der Waals surface area contributed by atoms with Crippen LogP contribution in [0.15, 0.2) is 12.3 Å². The predicted molar refractivity (Wildman–Crippen MR) is 55.2 cm³/mol. The minimum atomic E-state index is 0.812. The Bertz CT molecular complexity index is 224. The molecule has 2 rings (SSSR count). The number of allylic oxidation sites excluding steroid dienone is 1. The highest BCUT2D eigenvalue weighted by Crippen LogP contribution is 2.13. The van der Waals surface area contributed by atoms with E-state index in [4.69, 9.17) is 17.0 Å². The molecular weight excluding hydrogens is 184 g/mol. The molecule has 2 aliphatic heterocycles. The summed E-state index contributed by atoms with van der Waals surface area (Å²) >= 11 is 5.30. The van der Waals surface area contributed by atoms with Gasteiger partial charge in [0.15, 0.2) is 0 Å². The molecular formula is C9H14N2OS. The van der Waals surface area contributed by atoms with Crippen molar-refractivity contribution in [2.45, 2.75) is 12.8 Å². The van der Waals surface area contributed by atoms with Gasteiger partial charge < -0.3 is 4.74 Å². The van der Waals surface area contributed by atoms with Gasteiger partial charge in [-0.15, -0.1) is 0 Å². The lowest BCUT2D eigenvalue weighted by Gasteiger charge is -2.37. The summed E-state index contributed by atoms with van der Waals surface area (Å²) in [5.41, 5.74) is 0. The van der Waals surface area contributed by atoms with E-state index in [1.54, 1.807) is 0 Å². The molecule has 0 spiro atoms. The van der Waals surface area contributed by atoms with Gasteiger partial charge in [-0.25, -0.2) is 5.01 Å². The Labute approximate surface area is 83.9 Å². The van der Waals surface area contributed by atoms with Crippen molar-refractivity contribution in [2.75, 3.05) is 26.3 Å². The van der Waals surface area contributed by atoms with E-state index >= 15 is 0 Å². The zero-order valence-corrected chi connectivity index (χ0v) is 8.42. The first-order chi connectivity index (χ1) is 6.38. The summed E-state index contributed by atoms with van der Waals surface area (Å²) in [4.78, 5) is 1.03. The molecule has 2 heterocycles. The highest BCUT2D eigenvalue weighted by molar-refractivity contribution is 7.80. The average molecular weight is 198 g/mol. The molecule has 0 bridgehead atoms. The Hall–Kier alpha value is -0.450. The number of nitrogens with zero attached hydrogens (tertiary/aromatic N) is 2. The van der Waals surface area contributed by atoms with Crippen molar-refractivity contribution < 1.29 is 4.74 Å². The Morgan fingerprint density at radius 2 is 2.08 bits per heavy atom. The molecule has 2 aliphatic rings. The van der Waals surface area contributed by atoms with Crippen LogP contribution in [0.4, 0.5) is 0 Å². The molecule has 0 radical (unpaired) electrons. The first-order valence-electron chi connectivity index (χ1n) is 4.69. The third-order valence-electron chi connectivity index (χ3n) is 2.32. The van der Waals surface area contributed by atoms with Gasteiger partial charge in [0.2, 0.25) is 0 Å². The van der Waals surface area contributed by atoms with Crippen molar-refractivity contribution in [3.8, 4) is 0 Å². The zero-order valence-electron chi connectivity index (χ0n) is 7.61. The van der Waals surface area contributed by atoms with Crippen molar-refractivity contribution in [3.63, 3.8) is 0 Å². The van der Waals surface area contributed by atoms with Gasteiger partial charge in [0.1, 0.15) is 0 Å². The number of ether oxygens (including phenoxy) is 1. The van der Waals surface area contributed by atoms with Gasteiger partial charge in [-0.1, -0.05) is 18.3 Å². The molecule has 0 N–H and O–H groups in total. The van der Waals surface area contributed by atoms with Crippen LogP contribution in [0.5, 0.6) is 0 Å². The van der Waals surface area contributed by atoms with Crippen molar-refractivity contribution >= 4 is 17.2 Å². The van der Waals surface area contributed by atoms with Crippen LogP contribution >= 0.6 is 12.2 Å². The molecule has 1 fully saturated rings. The van der Waals surface area contributed by atoms with Crippen LogP contribution in [-0.4, -0.2) is 41.3 Å². The molecule has 3 nitrogen and oxygen atoms in total. The lowest BCUT2D eigenvalue weighted by Crippen LogP contribution is -2.48. The van der Waals surface area contributed by atoms with Gasteiger partial charge in [-0.3, -0.25) is 5.01 Å². The Morgan fingerprint density at radius 1 is 1.31 bits per heavy atom. The standard InChI is InChI=1S/C9H14N2OS/c13-9-3-1-2-4-11(9)10-5-7-12-8-6-10/h2,4H,1,3,5-8H2. The van der Waals surface area contributed by atoms with Crippen LogP contribution in [0.3, 0.4) is 0 Å². The maximum absolute atomic E-state index is 5.30. The van der Waals surface area contributed by atoms with Crippen molar-refractivity contribution in [1.82, 2.24) is 10.0 Å². The van der Waals surface area contributed by atoms with Gasteiger partial charge in [0, 0.05) is 25.7 Å².